The third kappa shape index (κ3) is 11.1. The van der Waals surface area contributed by atoms with E-state index in [4.69, 9.17) is 4.74 Å². The van der Waals surface area contributed by atoms with Gasteiger partial charge >= 0.3 is 6.09 Å². The van der Waals surface area contributed by atoms with Crippen molar-refractivity contribution < 1.29 is 24.2 Å². The molecular formula is C27H39N3O5. The minimum atomic E-state index is -0.522. The molecule has 0 aliphatic heterocycles. The first kappa shape index (κ1) is 28.0. The fraction of sp³-hybridized carbons (Fsp3) is 0.481. The summed E-state index contributed by atoms with van der Waals surface area (Å²) in [6.45, 7) is 8.44. The van der Waals surface area contributed by atoms with E-state index in [1.807, 2.05) is 12.1 Å². The van der Waals surface area contributed by atoms with Crippen LogP contribution < -0.4 is 20.7 Å². The summed E-state index contributed by atoms with van der Waals surface area (Å²) < 4.78 is 10.5. The van der Waals surface area contributed by atoms with E-state index in [2.05, 4.69) is 41.5 Å². The molecule has 2 amide bonds. The van der Waals surface area contributed by atoms with Crippen LogP contribution in [0.25, 0.3) is 0 Å². The summed E-state index contributed by atoms with van der Waals surface area (Å²) in [5, 5.41) is 18.9. The van der Waals surface area contributed by atoms with Crippen molar-refractivity contribution in [3.05, 3.63) is 54.1 Å². The molecule has 0 radical (unpaired) electrons. The molecule has 2 rings (SSSR count). The van der Waals surface area contributed by atoms with Gasteiger partial charge < -0.3 is 25.2 Å². The van der Waals surface area contributed by atoms with Gasteiger partial charge in [-0.3, -0.25) is 10.1 Å². The van der Waals surface area contributed by atoms with E-state index in [9.17, 15) is 14.7 Å². The van der Waals surface area contributed by atoms with Gasteiger partial charge in [-0.05, 0) is 48.9 Å². The molecule has 4 N–H and O–H groups in total. The number of para-hydroxylation sites is 1. The normalized spacial score (nSPS) is 12.0. The van der Waals surface area contributed by atoms with Crippen molar-refractivity contribution >= 4 is 17.7 Å². The second-order valence-corrected chi connectivity index (χ2v) is 9.68. The number of hydrogen-bond donors (Lipinski definition) is 4. The molecule has 35 heavy (non-hydrogen) atoms. The molecule has 1 unspecified atom stereocenters. The molecule has 0 spiro atoms. The smallest absolute Gasteiger partial charge is 0.411 e. The van der Waals surface area contributed by atoms with E-state index in [1.54, 1.807) is 30.3 Å². The summed E-state index contributed by atoms with van der Waals surface area (Å²) in [6.07, 6.45) is 3.32. The Kier molecular flexibility index (Phi) is 11.4. The number of carbonyl (C=O) groups is 2. The molecule has 8 heteroatoms. The summed E-state index contributed by atoms with van der Waals surface area (Å²) in [5.41, 5.74) is 1.10. The monoisotopic (exact) mass is 485 g/mol. The van der Waals surface area contributed by atoms with Crippen molar-refractivity contribution in [3.8, 4) is 11.5 Å². The highest BCUT2D eigenvalue weighted by molar-refractivity contribution is 5.96. The van der Waals surface area contributed by atoms with Crippen LogP contribution in [0.2, 0.25) is 0 Å². The molecule has 192 valence electrons. The summed E-state index contributed by atoms with van der Waals surface area (Å²) in [7, 11) is 1.32. The van der Waals surface area contributed by atoms with Gasteiger partial charge in [0.1, 0.15) is 18.1 Å². The highest BCUT2D eigenvalue weighted by atomic mass is 16.5. The van der Waals surface area contributed by atoms with Gasteiger partial charge in [0.15, 0.2) is 0 Å². The van der Waals surface area contributed by atoms with E-state index in [1.165, 1.54) is 13.2 Å². The molecule has 0 aliphatic rings. The van der Waals surface area contributed by atoms with Gasteiger partial charge in [0, 0.05) is 30.9 Å². The Hall–Kier alpha value is -3.26. The molecule has 2 aromatic rings. The van der Waals surface area contributed by atoms with Crippen molar-refractivity contribution in [3.63, 3.8) is 0 Å². The third-order valence-electron chi connectivity index (χ3n) is 5.34. The second-order valence-electron chi connectivity index (χ2n) is 9.68. The Morgan fingerprint density at radius 2 is 1.80 bits per heavy atom. The lowest BCUT2D eigenvalue weighted by Gasteiger charge is -2.27. The fourth-order valence-electron chi connectivity index (χ4n) is 3.76. The van der Waals surface area contributed by atoms with E-state index in [-0.39, 0.29) is 17.1 Å². The maximum Gasteiger partial charge on any atom is 0.411 e. The lowest BCUT2D eigenvalue weighted by molar-refractivity contribution is 0.0950. The molecule has 0 saturated carbocycles. The number of unbranched alkanes of at least 4 members (excludes halogenated alkanes) is 1. The SMILES string of the molecule is COC(=O)Nc1cccc(OCCNC(CCCCNC(=O)c2ccccc2O)CC(C)(C)C)c1. The highest BCUT2D eigenvalue weighted by Crippen LogP contribution is 2.23. The molecule has 8 nitrogen and oxygen atoms in total. The van der Waals surface area contributed by atoms with Crippen molar-refractivity contribution in [2.75, 3.05) is 32.1 Å². The molecule has 0 saturated heterocycles. The number of phenols is 1. The summed E-state index contributed by atoms with van der Waals surface area (Å²) >= 11 is 0. The van der Waals surface area contributed by atoms with E-state index in [0.29, 0.717) is 42.7 Å². The molecule has 0 aliphatic carbocycles. The number of rotatable bonds is 13. The predicted molar refractivity (Wildman–Crippen MR) is 138 cm³/mol. The number of hydrogen-bond acceptors (Lipinski definition) is 6. The van der Waals surface area contributed by atoms with Crippen molar-refractivity contribution in [1.29, 1.82) is 0 Å². The Labute approximate surface area is 208 Å². The van der Waals surface area contributed by atoms with Gasteiger partial charge in [0.25, 0.3) is 5.91 Å². The van der Waals surface area contributed by atoms with Crippen LogP contribution in [0.4, 0.5) is 10.5 Å². The number of anilines is 1. The molecular weight excluding hydrogens is 446 g/mol. The lowest BCUT2D eigenvalue weighted by Crippen LogP contribution is -2.36. The largest absolute Gasteiger partial charge is 0.507 e. The van der Waals surface area contributed by atoms with Gasteiger partial charge in [0.05, 0.1) is 12.7 Å². The topological polar surface area (TPSA) is 109 Å². The van der Waals surface area contributed by atoms with Crippen LogP contribution in [0.15, 0.2) is 48.5 Å². The number of aromatic hydroxyl groups is 1. The minimum absolute atomic E-state index is 0.00638. The standard InChI is InChI=1S/C27H39N3O5/c1-27(2,3)19-21(10-7-8-15-29-25(32)23-13-5-6-14-24(23)31)28-16-17-35-22-12-9-11-20(18-22)30-26(33)34-4/h5-6,9,11-14,18,21,28,31H,7-8,10,15-17,19H2,1-4H3,(H,29,32)(H,30,33). The van der Waals surface area contributed by atoms with Crippen LogP contribution in [-0.4, -0.2) is 50.0 Å². The summed E-state index contributed by atoms with van der Waals surface area (Å²) in [6, 6.07) is 14.1. The van der Waals surface area contributed by atoms with Crippen molar-refractivity contribution in [2.45, 2.75) is 52.5 Å². The maximum atomic E-state index is 12.2. The van der Waals surface area contributed by atoms with Crippen LogP contribution in [0.5, 0.6) is 11.5 Å². The number of carbonyl (C=O) groups excluding carboxylic acids is 2. The Bertz CT molecular complexity index is 942. The van der Waals surface area contributed by atoms with E-state index in [0.717, 1.165) is 25.7 Å². The first-order valence-corrected chi connectivity index (χ1v) is 12.1. The van der Waals surface area contributed by atoms with Gasteiger partial charge in [-0.2, -0.15) is 0 Å². The molecule has 0 bridgehead atoms. The van der Waals surface area contributed by atoms with E-state index >= 15 is 0 Å². The summed E-state index contributed by atoms with van der Waals surface area (Å²) in [5.74, 6) is 0.414. The first-order valence-electron chi connectivity index (χ1n) is 12.1. The van der Waals surface area contributed by atoms with E-state index < -0.39 is 6.09 Å². The zero-order valence-corrected chi connectivity index (χ0v) is 21.2. The number of amides is 2. The predicted octanol–water partition coefficient (Wildman–Crippen LogP) is 4.94. The number of phenolic OH excluding ortho intramolecular Hbond substituents is 1. The zero-order valence-electron chi connectivity index (χ0n) is 21.2. The second kappa shape index (κ2) is 14.2. The van der Waals surface area contributed by atoms with Crippen LogP contribution in [0.3, 0.4) is 0 Å². The lowest BCUT2D eigenvalue weighted by atomic mass is 9.86. The van der Waals surface area contributed by atoms with Gasteiger partial charge in [-0.15, -0.1) is 0 Å². The number of nitrogens with one attached hydrogen (secondary N) is 3. The van der Waals surface area contributed by atoms with Crippen LogP contribution in [0, 0.1) is 5.41 Å². The molecule has 2 aromatic carbocycles. The van der Waals surface area contributed by atoms with Crippen molar-refractivity contribution in [1.82, 2.24) is 10.6 Å². The van der Waals surface area contributed by atoms with Crippen molar-refractivity contribution in [2.24, 2.45) is 5.41 Å². The number of ether oxygens (including phenoxy) is 2. The molecule has 0 fully saturated rings. The quantitative estimate of drug-likeness (QED) is 0.299. The van der Waals surface area contributed by atoms with Gasteiger partial charge in [-0.1, -0.05) is 45.4 Å². The number of benzene rings is 2. The zero-order chi connectivity index (χ0) is 25.7. The van der Waals surface area contributed by atoms with Gasteiger partial charge in [-0.25, -0.2) is 4.79 Å². The van der Waals surface area contributed by atoms with Crippen LogP contribution in [-0.2, 0) is 4.74 Å². The third-order valence-corrected chi connectivity index (χ3v) is 5.34. The molecule has 0 heterocycles. The maximum absolute atomic E-state index is 12.2. The first-order chi connectivity index (χ1) is 16.7. The van der Waals surface area contributed by atoms with Crippen LogP contribution >= 0.6 is 0 Å². The average Bonchev–Trinajstić information content (AvgIpc) is 2.80. The Morgan fingerprint density at radius 1 is 1.03 bits per heavy atom. The average molecular weight is 486 g/mol. The van der Waals surface area contributed by atoms with Gasteiger partial charge in [0.2, 0.25) is 0 Å². The summed E-state index contributed by atoms with van der Waals surface area (Å²) in [4.78, 5) is 23.6. The molecule has 0 aromatic heterocycles. The molecule has 1 atom stereocenters. The Morgan fingerprint density at radius 3 is 2.51 bits per heavy atom. The fourth-order valence-corrected chi connectivity index (χ4v) is 3.76. The van der Waals surface area contributed by atoms with Crippen LogP contribution in [0.1, 0.15) is 56.8 Å². The minimum Gasteiger partial charge on any atom is -0.507 e. The Balaban J connectivity index is 1.73. The highest BCUT2D eigenvalue weighted by Gasteiger charge is 2.18. The number of methoxy groups -OCH3 is 1.